The molecule has 0 aromatic heterocycles. The van der Waals surface area contributed by atoms with E-state index in [0.29, 0.717) is 0 Å². The predicted octanol–water partition coefficient (Wildman–Crippen LogP) is 6.95. The topological polar surface area (TPSA) is 64.1 Å². The number of hydrogen-bond acceptors (Lipinski definition) is 3. The Kier molecular flexibility index (Phi) is 52.9. The molecule has 0 saturated carbocycles. The summed E-state index contributed by atoms with van der Waals surface area (Å²) >= 11 is 0. The van der Waals surface area contributed by atoms with Crippen LogP contribution >= 0.6 is 0 Å². The number of nitrogens with two attached hydrogens (primary N) is 2. The standard InChI is InChI=1S/C8H12N2.C7H14.C3H8.C3H6.C2H4.CH5N/c1-7(10-9)8-5-3-2-4-6-8;1-4-5-6-7(2)3;2*1-3-2;2*1-2/h2-7,10H,9H2,1H3;2,4-6H2,1,3H3;3H2,1-2H3;3H,1H2,2H3;1-2H2;2H2,1H3/t7-;;;;;/m1...../s1. The molecule has 5 N–H and O–H groups in total. The molecular formula is C24H49N3. The molecule has 0 aliphatic heterocycles. The number of hydrogen-bond donors (Lipinski definition) is 3. The van der Waals surface area contributed by atoms with Gasteiger partial charge >= 0.3 is 0 Å². The van der Waals surface area contributed by atoms with Crippen LogP contribution in [0.1, 0.15) is 78.8 Å². The van der Waals surface area contributed by atoms with E-state index in [2.05, 4.69) is 65.2 Å². The van der Waals surface area contributed by atoms with E-state index >= 15 is 0 Å². The van der Waals surface area contributed by atoms with E-state index in [1.807, 2.05) is 44.2 Å². The zero-order chi connectivity index (χ0) is 22.5. The second-order valence-corrected chi connectivity index (χ2v) is 5.48. The highest BCUT2D eigenvalue weighted by Gasteiger charge is 1.98. The van der Waals surface area contributed by atoms with Crippen molar-refractivity contribution in [2.75, 3.05) is 7.05 Å². The third-order valence-electron chi connectivity index (χ3n) is 2.51. The Balaban J connectivity index is -0.0000000832. The third kappa shape index (κ3) is 45.5. The number of benzene rings is 1. The number of unbranched alkanes of at least 4 members (excludes halogenated alkanes) is 1. The summed E-state index contributed by atoms with van der Waals surface area (Å²) in [5.74, 6) is 5.25. The van der Waals surface area contributed by atoms with Crippen LogP contribution in [0.4, 0.5) is 0 Å². The first-order chi connectivity index (χ1) is 12.9. The molecule has 3 heteroatoms. The molecule has 1 aromatic carbocycles. The minimum absolute atomic E-state index is 0.237. The molecule has 0 unspecified atom stereocenters. The molecule has 3 nitrogen and oxygen atoms in total. The van der Waals surface area contributed by atoms with Crippen molar-refractivity contribution in [3.05, 3.63) is 73.9 Å². The Morgan fingerprint density at radius 2 is 1.48 bits per heavy atom. The molecule has 0 fully saturated rings. The maximum Gasteiger partial charge on any atom is 0.0431 e. The molecule has 27 heavy (non-hydrogen) atoms. The smallest absolute Gasteiger partial charge is 0.0431 e. The van der Waals surface area contributed by atoms with Crippen LogP contribution in [0, 0.1) is 0 Å². The average molecular weight is 380 g/mol. The fourth-order valence-electron chi connectivity index (χ4n) is 1.32. The summed E-state index contributed by atoms with van der Waals surface area (Å²) in [6.45, 7) is 25.6. The zero-order valence-electron chi connectivity index (χ0n) is 19.4. The van der Waals surface area contributed by atoms with Gasteiger partial charge in [0.1, 0.15) is 0 Å². The molecule has 0 amide bonds. The molecule has 0 spiro atoms. The molecular weight excluding hydrogens is 330 g/mol. The highest BCUT2D eigenvalue weighted by Crippen LogP contribution is 2.08. The van der Waals surface area contributed by atoms with E-state index in [-0.39, 0.29) is 6.04 Å². The van der Waals surface area contributed by atoms with Crippen molar-refractivity contribution in [3.63, 3.8) is 0 Å². The van der Waals surface area contributed by atoms with Crippen LogP contribution in [0.15, 0.2) is 68.3 Å². The van der Waals surface area contributed by atoms with Crippen LogP contribution < -0.4 is 17.0 Å². The van der Waals surface area contributed by atoms with Crippen molar-refractivity contribution in [1.29, 1.82) is 0 Å². The van der Waals surface area contributed by atoms with Gasteiger partial charge in [0.05, 0.1) is 0 Å². The van der Waals surface area contributed by atoms with Crippen LogP contribution in [-0.4, -0.2) is 7.05 Å². The Hall–Kier alpha value is -1.68. The fourth-order valence-corrected chi connectivity index (χ4v) is 1.32. The van der Waals surface area contributed by atoms with Crippen molar-refractivity contribution in [2.45, 2.75) is 73.3 Å². The Morgan fingerprint density at radius 1 is 1.11 bits per heavy atom. The van der Waals surface area contributed by atoms with Crippen molar-refractivity contribution in [2.24, 2.45) is 11.6 Å². The third-order valence-corrected chi connectivity index (χ3v) is 2.51. The summed E-state index contributed by atoms with van der Waals surface area (Å²) in [7, 11) is 1.50. The van der Waals surface area contributed by atoms with Gasteiger partial charge in [-0.3, -0.25) is 11.3 Å². The largest absolute Gasteiger partial charge is 0.333 e. The van der Waals surface area contributed by atoms with E-state index in [0.717, 1.165) is 0 Å². The molecule has 160 valence electrons. The SMILES string of the molecule is C=C.C=C(C)CCCC.C=CC.CCC.CN.C[C@@H](NN)c1ccccc1. The predicted molar refractivity (Wildman–Crippen MR) is 130 cm³/mol. The monoisotopic (exact) mass is 379 g/mol. The molecule has 0 radical (unpaired) electrons. The number of nitrogens with one attached hydrogen (secondary N) is 1. The lowest BCUT2D eigenvalue weighted by molar-refractivity contribution is 0.602. The van der Waals surface area contributed by atoms with Crippen LogP contribution in [0.2, 0.25) is 0 Å². The van der Waals surface area contributed by atoms with Crippen LogP contribution in [-0.2, 0) is 0 Å². The highest BCUT2D eigenvalue weighted by molar-refractivity contribution is 5.17. The minimum atomic E-state index is 0.237. The van der Waals surface area contributed by atoms with Crippen LogP contribution in [0.25, 0.3) is 0 Å². The van der Waals surface area contributed by atoms with Gasteiger partial charge in [-0.2, -0.15) is 0 Å². The first kappa shape index (κ1) is 36.3. The Labute approximate surface area is 171 Å². The minimum Gasteiger partial charge on any atom is -0.333 e. The first-order valence-electron chi connectivity index (χ1n) is 9.75. The lowest BCUT2D eigenvalue weighted by Gasteiger charge is -2.08. The van der Waals surface area contributed by atoms with Gasteiger partial charge in [0.25, 0.3) is 0 Å². The highest BCUT2D eigenvalue weighted by atomic mass is 15.2. The summed E-state index contributed by atoms with van der Waals surface area (Å²) in [4.78, 5) is 0. The Bertz CT molecular complexity index is 361. The van der Waals surface area contributed by atoms with Gasteiger partial charge in [-0.1, -0.05) is 75.6 Å². The van der Waals surface area contributed by atoms with Crippen molar-refractivity contribution >= 4 is 0 Å². The summed E-state index contributed by atoms with van der Waals surface area (Å²) < 4.78 is 0. The van der Waals surface area contributed by atoms with E-state index in [9.17, 15) is 0 Å². The molecule has 0 heterocycles. The molecule has 0 aliphatic rings. The number of hydrazine groups is 1. The maximum atomic E-state index is 5.25. The first-order valence-corrected chi connectivity index (χ1v) is 9.75. The van der Waals surface area contributed by atoms with Gasteiger partial charge in [0.15, 0.2) is 0 Å². The molecule has 1 aromatic rings. The van der Waals surface area contributed by atoms with Gasteiger partial charge in [0.2, 0.25) is 0 Å². The molecule has 0 aliphatic carbocycles. The normalized spacial score (nSPS) is 8.63. The van der Waals surface area contributed by atoms with Crippen molar-refractivity contribution in [1.82, 2.24) is 5.43 Å². The van der Waals surface area contributed by atoms with E-state index < -0.39 is 0 Å². The Morgan fingerprint density at radius 3 is 1.70 bits per heavy atom. The molecule has 0 saturated heterocycles. The van der Waals surface area contributed by atoms with E-state index in [1.165, 1.54) is 43.9 Å². The maximum absolute atomic E-state index is 5.25. The van der Waals surface area contributed by atoms with E-state index in [1.54, 1.807) is 6.08 Å². The summed E-state index contributed by atoms with van der Waals surface area (Å²) in [6, 6.07) is 10.3. The fraction of sp³-hybridized carbons (Fsp3) is 0.500. The zero-order valence-corrected chi connectivity index (χ0v) is 19.4. The lowest BCUT2D eigenvalue weighted by Crippen LogP contribution is -2.25. The lowest BCUT2D eigenvalue weighted by atomic mass is 10.1. The summed E-state index contributed by atoms with van der Waals surface area (Å²) in [5, 5.41) is 0. The quantitative estimate of drug-likeness (QED) is 0.294. The van der Waals surface area contributed by atoms with E-state index in [4.69, 9.17) is 5.84 Å². The molecule has 0 bridgehead atoms. The van der Waals surface area contributed by atoms with Gasteiger partial charge in [-0.15, -0.1) is 26.3 Å². The van der Waals surface area contributed by atoms with Gasteiger partial charge in [-0.05, 0) is 46.2 Å². The summed E-state index contributed by atoms with van der Waals surface area (Å²) in [6.07, 6.45) is 6.79. The average Bonchev–Trinajstić information content (AvgIpc) is 2.71. The van der Waals surface area contributed by atoms with Gasteiger partial charge < -0.3 is 5.73 Å². The molecule has 1 atom stereocenters. The second-order valence-electron chi connectivity index (χ2n) is 5.48. The van der Waals surface area contributed by atoms with Crippen LogP contribution in [0.3, 0.4) is 0 Å². The van der Waals surface area contributed by atoms with Crippen LogP contribution in [0.5, 0.6) is 0 Å². The number of rotatable bonds is 5. The van der Waals surface area contributed by atoms with Gasteiger partial charge in [0, 0.05) is 6.04 Å². The van der Waals surface area contributed by atoms with Crippen molar-refractivity contribution < 1.29 is 0 Å². The molecule has 1 rings (SSSR count). The second kappa shape index (κ2) is 39.4. The van der Waals surface area contributed by atoms with Crippen molar-refractivity contribution in [3.8, 4) is 0 Å². The summed E-state index contributed by atoms with van der Waals surface area (Å²) in [5.41, 5.74) is 9.70. The number of allylic oxidation sites excluding steroid dienone is 2. The van der Waals surface area contributed by atoms with Gasteiger partial charge in [-0.25, -0.2) is 0 Å².